The molecule has 1 rings (SSSR count). The van der Waals surface area contributed by atoms with Crippen molar-refractivity contribution >= 4 is 15.9 Å². The molecule has 0 aromatic heterocycles. The van der Waals surface area contributed by atoms with Crippen molar-refractivity contribution in [3.8, 4) is 0 Å². The van der Waals surface area contributed by atoms with E-state index in [0.717, 1.165) is 12.1 Å². The molecule has 0 radical (unpaired) electrons. The van der Waals surface area contributed by atoms with Crippen molar-refractivity contribution in [3.63, 3.8) is 0 Å². The van der Waals surface area contributed by atoms with E-state index < -0.39 is 26.6 Å². The van der Waals surface area contributed by atoms with E-state index in [9.17, 15) is 17.6 Å². The third kappa shape index (κ3) is 4.46. The van der Waals surface area contributed by atoms with E-state index in [0.29, 0.717) is 5.56 Å². The third-order valence-corrected chi connectivity index (χ3v) is 3.75. The third-order valence-electron chi connectivity index (χ3n) is 2.28. The molecule has 7 heteroatoms. The number of hydrogen-bond donors (Lipinski definition) is 2. The molecule has 1 amide bonds. The maximum Gasteiger partial charge on any atom is 0.243 e. The molecule has 5 nitrogen and oxygen atoms in total. The van der Waals surface area contributed by atoms with E-state index in [4.69, 9.17) is 0 Å². The summed E-state index contributed by atoms with van der Waals surface area (Å²) in [5.41, 5.74) is 0.640. The zero-order chi connectivity index (χ0) is 14.5. The zero-order valence-corrected chi connectivity index (χ0v) is 11.3. The van der Waals surface area contributed by atoms with Gasteiger partial charge in [0.1, 0.15) is 10.7 Å². The lowest BCUT2D eigenvalue weighted by Gasteiger charge is -2.08. The van der Waals surface area contributed by atoms with Crippen LogP contribution in [0.3, 0.4) is 0 Å². The van der Waals surface area contributed by atoms with Gasteiger partial charge in [-0.15, -0.1) is 0 Å². The molecule has 0 fully saturated rings. The SMILES string of the molecule is C=CC(=O)NCCNS(=O)(=O)c1cc(C)ccc1F. The van der Waals surface area contributed by atoms with Crippen LogP contribution in [0.5, 0.6) is 0 Å². The minimum atomic E-state index is -3.92. The van der Waals surface area contributed by atoms with Crippen molar-refractivity contribution in [2.75, 3.05) is 13.1 Å². The first-order valence-electron chi connectivity index (χ1n) is 5.53. The maximum absolute atomic E-state index is 13.5. The van der Waals surface area contributed by atoms with Gasteiger partial charge in [0.05, 0.1) is 0 Å². The van der Waals surface area contributed by atoms with Crippen LogP contribution in [0.1, 0.15) is 5.56 Å². The monoisotopic (exact) mass is 286 g/mol. The second-order valence-electron chi connectivity index (χ2n) is 3.83. The molecular weight excluding hydrogens is 271 g/mol. The van der Waals surface area contributed by atoms with Gasteiger partial charge < -0.3 is 5.32 Å². The van der Waals surface area contributed by atoms with Gasteiger partial charge in [0.25, 0.3) is 0 Å². The second kappa shape index (κ2) is 6.44. The average molecular weight is 286 g/mol. The van der Waals surface area contributed by atoms with Crippen LogP contribution in [-0.2, 0) is 14.8 Å². The Hall–Kier alpha value is -1.73. The predicted octanol–water partition coefficient (Wildman–Crippen LogP) is 0.715. The van der Waals surface area contributed by atoms with Gasteiger partial charge >= 0.3 is 0 Å². The highest BCUT2D eigenvalue weighted by molar-refractivity contribution is 7.89. The van der Waals surface area contributed by atoms with E-state index in [2.05, 4.69) is 16.6 Å². The predicted molar refractivity (Wildman–Crippen MR) is 69.5 cm³/mol. The van der Waals surface area contributed by atoms with Crippen LogP contribution in [0, 0.1) is 12.7 Å². The van der Waals surface area contributed by atoms with Crippen LogP contribution in [0.25, 0.3) is 0 Å². The van der Waals surface area contributed by atoms with Crippen LogP contribution in [0.4, 0.5) is 4.39 Å². The summed E-state index contributed by atoms with van der Waals surface area (Å²) in [6, 6.07) is 3.84. The molecular formula is C12H15FN2O3S. The first-order valence-corrected chi connectivity index (χ1v) is 7.01. The molecule has 0 aliphatic heterocycles. The Balaban J connectivity index is 2.68. The Kier molecular flexibility index (Phi) is 5.20. The summed E-state index contributed by atoms with van der Waals surface area (Å²) in [4.78, 5) is 10.4. The largest absolute Gasteiger partial charge is 0.351 e. The lowest BCUT2D eigenvalue weighted by molar-refractivity contribution is -0.116. The summed E-state index contributed by atoms with van der Waals surface area (Å²) in [6.45, 7) is 4.99. The van der Waals surface area contributed by atoms with E-state index in [1.54, 1.807) is 6.92 Å². The molecule has 1 aromatic carbocycles. The first kappa shape index (κ1) is 15.3. The summed E-state index contributed by atoms with van der Waals surface area (Å²) >= 11 is 0. The fourth-order valence-corrected chi connectivity index (χ4v) is 2.53. The molecule has 0 heterocycles. The molecule has 2 N–H and O–H groups in total. The van der Waals surface area contributed by atoms with Gasteiger partial charge in [0.2, 0.25) is 15.9 Å². The molecule has 0 aliphatic rings. The Labute approximate surface area is 111 Å². The summed E-state index contributed by atoms with van der Waals surface area (Å²) in [6.07, 6.45) is 1.08. The Bertz CT molecular complexity index is 585. The number of sulfonamides is 1. The van der Waals surface area contributed by atoms with Gasteiger partial charge in [-0.1, -0.05) is 12.6 Å². The minimum Gasteiger partial charge on any atom is -0.351 e. The fourth-order valence-electron chi connectivity index (χ4n) is 1.34. The Morgan fingerprint density at radius 1 is 1.42 bits per heavy atom. The van der Waals surface area contributed by atoms with Gasteiger partial charge in [-0.25, -0.2) is 17.5 Å². The van der Waals surface area contributed by atoms with Crippen molar-refractivity contribution in [1.29, 1.82) is 0 Å². The summed E-state index contributed by atoms with van der Waals surface area (Å²) in [5, 5.41) is 2.40. The Morgan fingerprint density at radius 3 is 2.74 bits per heavy atom. The molecule has 0 atom stereocenters. The summed E-state index contributed by atoms with van der Waals surface area (Å²) in [5.74, 6) is -1.21. The normalized spacial score (nSPS) is 11.1. The number of carbonyl (C=O) groups excluding carboxylic acids is 1. The van der Waals surface area contributed by atoms with E-state index in [-0.39, 0.29) is 13.1 Å². The number of carbonyl (C=O) groups is 1. The van der Waals surface area contributed by atoms with Gasteiger partial charge in [-0.05, 0) is 30.7 Å². The number of aryl methyl sites for hydroxylation is 1. The summed E-state index contributed by atoms with van der Waals surface area (Å²) < 4.78 is 39.3. The van der Waals surface area contributed by atoms with Gasteiger partial charge in [0, 0.05) is 13.1 Å². The number of halogens is 1. The average Bonchev–Trinajstić information content (AvgIpc) is 2.37. The fraction of sp³-hybridized carbons (Fsp3) is 0.250. The molecule has 0 saturated carbocycles. The van der Waals surface area contributed by atoms with Crippen LogP contribution >= 0.6 is 0 Å². The summed E-state index contributed by atoms with van der Waals surface area (Å²) in [7, 11) is -3.92. The van der Waals surface area contributed by atoms with Crippen LogP contribution < -0.4 is 10.0 Å². The molecule has 104 valence electrons. The minimum absolute atomic E-state index is 0.0324. The number of nitrogens with one attached hydrogen (secondary N) is 2. The first-order chi connectivity index (χ1) is 8.86. The standard InChI is InChI=1S/C12H15FN2O3S/c1-3-12(16)14-6-7-15-19(17,18)11-8-9(2)4-5-10(11)13/h3-5,8,15H,1,6-7H2,2H3,(H,14,16). The molecule has 19 heavy (non-hydrogen) atoms. The van der Waals surface area contributed by atoms with Crippen LogP contribution in [0.15, 0.2) is 35.7 Å². The van der Waals surface area contributed by atoms with Crippen molar-refractivity contribution in [2.24, 2.45) is 0 Å². The smallest absolute Gasteiger partial charge is 0.243 e. The van der Waals surface area contributed by atoms with Gasteiger partial charge in [-0.2, -0.15) is 0 Å². The van der Waals surface area contributed by atoms with E-state index in [1.165, 1.54) is 12.1 Å². The van der Waals surface area contributed by atoms with Crippen molar-refractivity contribution in [3.05, 3.63) is 42.2 Å². The molecule has 0 bridgehead atoms. The number of amides is 1. The topological polar surface area (TPSA) is 75.3 Å². The highest BCUT2D eigenvalue weighted by Crippen LogP contribution is 2.15. The van der Waals surface area contributed by atoms with Crippen LogP contribution in [-0.4, -0.2) is 27.4 Å². The quantitative estimate of drug-likeness (QED) is 0.597. The molecule has 0 spiro atoms. The van der Waals surface area contributed by atoms with E-state index >= 15 is 0 Å². The highest BCUT2D eigenvalue weighted by atomic mass is 32.2. The second-order valence-corrected chi connectivity index (χ2v) is 5.56. The van der Waals surface area contributed by atoms with Gasteiger partial charge in [0.15, 0.2) is 0 Å². The van der Waals surface area contributed by atoms with Crippen molar-refractivity contribution in [2.45, 2.75) is 11.8 Å². The highest BCUT2D eigenvalue weighted by Gasteiger charge is 2.18. The van der Waals surface area contributed by atoms with Crippen LogP contribution in [0.2, 0.25) is 0 Å². The van der Waals surface area contributed by atoms with Gasteiger partial charge in [-0.3, -0.25) is 4.79 Å². The Morgan fingerprint density at radius 2 is 2.11 bits per heavy atom. The number of rotatable bonds is 6. The zero-order valence-electron chi connectivity index (χ0n) is 10.4. The number of benzene rings is 1. The maximum atomic E-state index is 13.5. The lowest BCUT2D eigenvalue weighted by atomic mass is 10.2. The van der Waals surface area contributed by atoms with Crippen molar-refractivity contribution in [1.82, 2.24) is 10.0 Å². The van der Waals surface area contributed by atoms with Crippen molar-refractivity contribution < 1.29 is 17.6 Å². The van der Waals surface area contributed by atoms with E-state index in [1.807, 2.05) is 0 Å². The molecule has 0 saturated heterocycles. The molecule has 0 unspecified atom stereocenters. The molecule has 0 aliphatic carbocycles. The lowest BCUT2D eigenvalue weighted by Crippen LogP contribution is -2.34. The molecule has 1 aromatic rings. The number of hydrogen-bond acceptors (Lipinski definition) is 3.